The molecule has 0 amide bonds. The predicted molar refractivity (Wildman–Crippen MR) is 38.6 cm³/mol. The van der Waals surface area contributed by atoms with Crippen molar-refractivity contribution in [2.45, 2.75) is 31.5 Å². The highest BCUT2D eigenvalue weighted by atomic mass is 35.5. The van der Waals surface area contributed by atoms with Gasteiger partial charge in [0.25, 0.3) is 0 Å². The molecule has 1 aliphatic carbocycles. The van der Waals surface area contributed by atoms with E-state index >= 15 is 0 Å². The van der Waals surface area contributed by atoms with Gasteiger partial charge in [-0.05, 0) is 18.8 Å². The molecule has 5 heteroatoms. The van der Waals surface area contributed by atoms with Crippen molar-refractivity contribution in [2.75, 3.05) is 0 Å². The third-order valence-corrected chi connectivity index (χ3v) is 2.04. The maximum atomic E-state index is 11.8. The van der Waals surface area contributed by atoms with Gasteiger partial charge in [-0.2, -0.15) is 13.2 Å². The maximum absolute atomic E-state index is 11.8. The van der Waals surface area contributed by atoms with Gasteiger partial charge in [-0.15, -0.1) is 12.4 Å². The average Bonchev–Trinajstić information content (AvgIpc) is 1.57. The minimum Gasteiger partial charge on any atom is -0.320 e. The molecule has 1 atom stereocenters. The van der Waals surface area contributed by atoms with E-state index < -0.39 is 12.2 Å². The van der Waals surface area contributed by atoms with E-state index in [0.29, 0.717) is 12.8 Å². The molecule has 68 valence electrons. The highest BCUT2D eigenvalue weighted by molar-refractivity contribution is 5.85. The van der Waals surface area contributed by atoms with Crippen LogP contribution in [-0.4, -0.2) is 12.2 Å². The Morgan fingerprint density at radius 3 is 1.82 bits per heavy atom. The Morgan fingerprint density at radius 2 is 1.73 bits per heavy atom. The van der Waals surface area contributed by atoms with E-state index in [0.717, 1.165) is 6.42 Å². The van der Waals surface area contributed by atoms with Gasteiger partial charge in [0, 0.05) is 0 Å². The van der Waals surface area contributed by atoms with Gasteiger partial charge in [-0.25, -0.2) is 0 Å². The molecule has 1 rings (SSSR count). The number of nitrogens with two attached hydrogens (primary N) is 1. The van der Waals surface area contributed by atoms with Crippen molar-refractivity contribution in [3.05, 3.63) is 0 Å². The second-order valence-electron chi connectivity index (χ2n) is 2.76. The van der Waals surface area contributed by atoms with Crippen molar-refractivity contribution in [3.8, 4) is 0 Å². The molecular weight excluding hydrogens is 179 g/mol. The van der Waals surface area contributed by atoms with Crippen LogP contribution in [0.15, 0.2) is 0 Å². The van der Waals surface area contributed by atoms with Gasteiger partial charge < -0.3 is 5.73 Å². The standard InChI is InChI=1S/C6H10F3N.ClH/c7-6(8,9)5(10)4-2-1-3-4;/h4-5H,1-3,10H2;1H/t5-;/m0./s1. The van der Waals surface area contributed by atoms with Gasteiger partial charge >= 0.3 is 6.18 Å². The Bertz CT molecular complexity index is 121. The zero-order chi connectivity index (χ0) is 7.78. The first-order chi connectivity index (χ1) is 4.52. The fraction of sp³-hybridized carbons (Fsp3) is 1.00. The quantitative estimate of drug-likeness (QED) is 0.672. The first-order valence-electron chi connectivity index (χ1n) is 3.34. The summed E-state index contributed by atoms with van der Waals surface area (Å²) in [5.41, 5.74) is 4.93. The Kier molecular flexibility index (Phi) is 3.64. The van der Waals surface area contributed by atoms with Crippen LogP contribution in [0.3, 0.4) is 0 Å². The lowest BCUT2D eigenvalue weighted by Crippen LogP contribution is -2.46. The zero-order valence-electron chi connectivity index (χ0n) is 5.90. The van der Waals surface area contributed by atoms with Crippen molar-refractivity contribution in [3.63, 3.8) is 0 Å². The van der Waals surface area contributed by atoms with Gasteiger partial charge in [-0.1, -0.05) is 6.42 Å². The number of rotatable bonds is 1. The molecule has 0 aliphatic heterocycles. The minimum atomic E-state index is -4.19. The first kappa shape index (κ1) is 11.0. The van der Waals surface area contributed by atoms with Gasteiger partial charge in [0.1, 0.15) is 6.04 Å². The SMILES string of the molecule is Cl.N[C@@H](C1CCC1)C(F)(F)F. The van der Waals surface area contributed by atoms with Crippen molar-refractivity contribution >= 4 is 12.4 Å². The normalized spacial score (nSPS) is 21.8. The summed E-state index contributed by atoms with van der Waals surface area (Å²) in [5.74, 6) is -0.306. The zero-order valence-corrected chi connectivity index (χ0v) is 6.71. The molecule has 0 radical (unpaired) electrons. The van der Waals surface area contributed by atoms with Crippen LogP contribution in [0.25, 0.3) is 0 Å². The summed E-state index contributed by atoms with van der Waals surface area (Å²) in [6.45, 7) is 0. The van der Waals surface area contributed by atoms with Crippen molar-refractivity contribution in [1.29, 1.82) is 0 Å². The molecule has 0 saturated heterocycles. The summed E-state index contributed by atoms with van der Waals surface area (Å²) >= 11 is 0. The van der Waals surface area contributed by atoms with Crippen LogP contribution in [0.1, 0.15) is 19.3 Å². The number of hydrogen-bond donors (Lipinski definition) is 1. The topological polar surface area (TPSA) is 26.0 Å². The summed E-state index contributed by atoms with van der Waals surface area (Å²) in [5, 5.41) is 0. The molecule has 11 heavy (non-hydrogen) atoms. The highest BCUT2D eigenvalue weighted by Gasteiger charge is 2.43. The Labute approximate surface area is 69.5 Å². The van der Waals surface area contributed by atoms with E-state index in [4.69, 9.17) is 5.73 Å². The lowest BCUT2D eigenvalue weighted by Gasteiger charge is -2.32. The van der Waals surface area contributed by atoms with E-state index in [1.807, 2.05) is 0 Å². The molecular formula is C6H11ClF3N. The van der Waals surface area contributed by atoms with Crippen molar-refractivity contribution in [2.24, 2.45) is 11.7 Å². The van der Waals surface area contributed by atoms with E-state index in [9.17, 15) is 13.2 Å². The summed E-state index contributed by atoms with van der Waals surface area (Å²) in [4.78, 5) is 0. The van der Waals surface area contributed by atoms with E-state index in [2.05, 4.69) is 0 Å². The van der Waals surface area contributed by atoms with Crippen LogP contribution < -0.4 is 5.73 Å². The van der Waals surface area contributed by atoms with Crippen LogP contribution in [0.5, 0.6) is 0 Å². The van der Waals surface area contributed by atoms with Gasteiger partial charge in [0.15, 0.2) is 0 Å². The Balaban J connectivity index is 0.000001000. The summed E-state index contributed by atoms with van der Waals surface area (Å²) in [6, 6.07) is -1.58. The third-order valence-electron chi connectivity index (χ3n) is 2.04. The second kappa shape index (κ2) is 3.63. The number of hydrogen-bond acceptors (Lipinski definition) is 1. The number of halogens is 4. The molecule has 0 spiro atoms. The van der Waals surface area contributed by atoms with Crippen LogP contribution in [0, 0.1) is 5.92 Å². The average molecular weight is 190 g/mol. The van der Waals surface area contributed by atoms with Gasteiger partial charge in [0.05, 0.1) is 0 Å². The van der Waals surface area contributed by atoms with Crippen LogP contribution in [0.2, 0.25) is 0 Å². The van der Waals surface area contributed by atoms with Gasteiger partial charge in [0.2, 0.25) is 0 Å². The lowest BCUT2D eigenvalue weighted by atomic mass is 9.80. The molecule has 1 fully saturated rings. The Morgan fingerprint density at radius 1 is 1.27 bits per heavy atom. The first-order valence-corrected chi connectivity index (χ1v) is 3.34. The second-order valence-corrected chi connectivity index (χ2v) is 2.76. The molecule has 1 nitrogen and oxygen atoms in total. The van der Waals surface area contributed by atoms with Crippen molar-refractivity contribution in [1.82, 2.24) is 0 Å². The van der Waals surface area contributed by atoms with Crippen LogP contribution in [-0.2, 0) is 0 Å². The monoisotopic (exact) mass is 189 g/mol. The van der Waals surface area contributed by atoms with E-state index in [1.165, 1.54) is 0 Å². The predicted octanol–water partition coefficient (Wildman–Crippen LogP) is 2.10. The maximum Gasteiger partial charge on any atom is 0.403 e. The molecule has 1 aliphatic rings. The Hall–Kier alpha value is 0.0400. The highest BCUT2D eigenvalue weighted by Crippen LogP contribution is 2.35. The van der Waals surface area contributed by atoms with Gasteiger partial charge in [-0.3, -0.25) is 0 Å². The van der Waals surface area contributed by atoms with Crippen molar-refractivity contribution < 1.29 is 13.2 Å². The minimum absolute atomic E-state index is 0. The molecule has 0 aromatic heterocycles. The molecule has 0 unspecified atom stereocenters. The molecule has 2 N–H and O–H groups in total. The largest absolute Gasteiger partial charge is 0.403 e. The third kappa shape index (κ3) is 2.52. The number of alkyl halides is 3. The fourth-order valence-electron chi connectivity index (χ4n) is 1.07. The lowest BCUT2D eigenvalue weighted by molar-refractivity contribution is -0.164. The van der Waals surface area contributed by atoms with E-state index in [1.54, 1.807) is 0 Å². The fourth-order valence-corrected chi connectivity index (χ4v) is 1.07. The molecule has 0 bridgehead atoms. The smallest absolute Gasteiger partial charge is 0.320 e. The summed E-state index contributed by atoms with van der Waals surface area (Å²) < 4.78 is 35.4. The summed E-state index contributed by atoms with van der Waals surface area (Å²) in [7, 11) is 0. The van der Waals surface area contributed by atoms with Crippen LogP contribution in [0.4, 0.5) is 13.2 Å². The van der Waals surface area contributed by atoms with Crippen LogP contribution >= 0.6 is 12.4 Å². The molecule has 0 aromatic rings. The molecule has 0 aromatic carbocycles. The molecule has 1 saturated carbocycles. The molecule has 0 heterocycles. The summed E-state index contributed by atoms with van der Waals surface area (Å²) in [6.07, 6.45) is -2.01. The van der Waals surface area contributed by atoms with E-state index in [-0.39, 0.29) is 18.3 Å².